The Morgan fingerprint density at radius 2 is 1.89 bits per heavy atom. The van der Waals surface area contributed by atoms with Crippen molar-refractivity contribution in [3.8, 4) is 0 Å². The van der Waals surface area contributed by atoms with Crippen LogP contribution in [-0.2, 0) is 11.3 Å². The summed E-state index contributed by atoms with van der Waals surface area (Å²) in [4.78, 5) is 5.77. The highest BCUT2D eigenvalue weighted by atomic mass is 16.7. The molecule has 1 aromatic carbocycles. The van der Waals surface area contributed by atoms with Gasteiger partial charge in [-0.2, -0.15) is 0 Å². The van der Waals surface area contributed by atoms with E-state index in [1.807, 2.05) is 0 Å². The standard InChI is InChI=1S/C16H23NO/c1-4-11-16-13(6-1)7-5-8-14(16)12-17-18-15-9-2-3-10-15/h1,4,6,11,14-15,17H,2-3,5,7-10,12H2. The number of hydrogen-bond donors (Lipinski definition) is 1. The number of aryl methyl sites for hydroxylation is 1. The van der Waals surface area contributed by atoms with Crippen LogP contribution < -0.4 is 5.48 Å². The van der Waals surface area contributed by atoms with Crippen LogP contribution in [0.5, 0.6) is 0 Å². The molecule has 0 bridgehead atoms. The van der Waals surface area contributed by atoms with E-state index >= 15 is 0 Å². The number of hydrogen-bond acceptors (Lipinski definition) is 2. The molecule has 3 rings (SSSR count). The summed E-state index contributed by atoms with van der Waals surface area (Å²) >= 11 is 0. The lowest BCUT2D eigenvalue weighted by Crippen LogP contribution is -2.28. The molecule has 0 heterocycles. The van der Waals surface area contributed by atoms with Crippen molar-refractivity contribution in [1.29, 1.82) is 0 Å². The first-order chi connectivity index (χ1) is 8.93. The Balaban J connectivity index is 1.54. The third kappa shape index (κ3) is 2.76. The molecule has 0 aromatic heterocycles. The summed E-state index contributed by atoms with van der Waals surface area (Å²) in [7, 11) is 0. The number of rotatable bonds is 4. The molecule has 0 spiro atoms. The van der Waals surface area contributed by atoms with Gasteiger partial charge in [0.15, 0.2) is 0 Å². The first kappa shape index (κ1) is 12.2. The molecule has 2 aliphatic carbocycles. The minimum atomic E-state index is 0.462. The largest absolute Gasteiger partial charge is 0.298 e. The third-order valence-electron chi connectivity index (χ3n) is 4.38. The van der Waals surface area contributed by atoms with Crippen molar-refractivity contribution in [2.24, 2.45) is 0 Å². The van der Waals surface area contributed by atoms with Gasteiger partial charge in [-0.25, -0.2) is 5.48 Å². The van der Waals surface area contributed by atoms with Crippen LogP contribution in [-0.4, -0.2) is 12.6 Å². The summed E-state index contributed by atoms with van der Waals surface area (Å²) in [5, 5.41) is 0. The van der Waals surface area contributed by atoms with Crippen molar-refractivity contribution in [3.63, 3.8) is 0 Å². The van der Waals surface area contributed by atoms with Gasteiger partial charge < -0.3 is 0 Å². The molecular weight excluding hydrogens is 222 g/mol. The molecule has 1 fully saturated rings. The van der Waals surface area contributed by atoms with Crippen molar-refractivity contribution in [3.05, 3.63) is 35.4 Å². The first-order valence-electron chi connectivity index (χ1n) is 7.40. The fraction of sp³-hybridized carbons (Fsp3) is 0.625. The number of benzene rings is 1. The van der Waals surface area contributed by atoms with Crippen molar-refractivity contribution in [1.82, 2.24) is 5.48 Å². The van der Waals surface area contributed by atoms with E-state index in [-0.39, 0.29) is 0 Å². The molecule has 1 atom stereocenters. The fourth-order valence-corrected chi connectivity index (χ4v) is 3.34. The molecule has 0 saturated heterocycles. The zero-order chi connectivity index (χ0) is 12.2. The Labute approximate surface area is 110 Å². The van der Waals surface area contributed by atoms with Gasteiger partial charge in [0, 0.05) is 6.54 Å². The summed E-state index contributed by atoms with van der Waals surface area (Å²) < 4.78 is 0. The number of hydroxylamine groups is 1. The highest BCUT2D eigenvalue weighted by molar-refractivity contribution is 5.32. The van der Waals surface area contributed by atoms with E-state index in [1.54, 1.807) is 0 Å². The molecule has 1 N–H and O–H groups in total. The predicted molar refractivity (Wildman–Crippen MR) is 73.5 cm³/mol. The number of nitrogens with one attached hydrogen (secondary N) is 1. The number of fused-ring (bicyclic) bond motifs is 1. The maximum absolute atomic E-state index is 5.77. The van der Waals surface area contributed by atoms with Crippen molar-refractivity contribution >= 4 is 0 Å². The maximum Gasteiger partial charge on any atom is 0.0790 e. The van der Waals surface area contributed by atoms with Crippen LogP contribution in [0.4, 0.5) is 0 Å². The van der Waals surface area contributed by atoms with E-state index in [0.29, 0.717) is 12.0 Å². The van der Waals surface area contributed by atoms with E-state index in [4.69, 9.17) is 4.84 Å². The fourth-order valence-electron chi connectivity index (χ4n) is 3.34. The molecule has 98 valence electrons. The van der Waals surface area contributed by atoms with E-state index in [0.717, 1.165) is 6.54 Å². The summed E-state index contributed by atoms with van der Waals surface area (Å²) in [6.07, 6.45) is 9.43. The van der Waals surface area contributed by atoms with Crippen LogP contribution in [0.25, 0.3) is 0 Å². The minimum absolute atomic E-state index is 0.462. The van der Waals surface area contributed by atoms with Crippen LogP contribution in [0.15, 0.2) is 24.3 Å². The predicted octanol–water partition coefficient (Wildman–Crippen LogP) is 3.57. The monoisotopic (exact) mass is 245 g/mol. The van der Waals surface area contributed by atoms with E-state index in [1.165, 1.54) is 56.1 Å². The quantitative estimate of drug-likeness (QED) is 0.819. The van der Waals surface area contributed by atoms with Gasteiger partial charge in [0.25, 0.3) is 0 Å². The molecule has 1 saturated carbocycles. The van der Waals surface area contributed by atoms with E-state index in [9.17, 15) is 0 Å². The van der Waals surface area contributed by atoms with Gasteiger partial charge in [0.2, 0.25) is 0 Å². The minimum Gasteiger partial charge on any atom is -0.298 e. The van der Waals surface area contributed by atoms with Crippen LogP contribution in [0.2, 0.25) is 0 Å². The molecular formula is C16H23NO. The smallest absolute Gasteiger partial charge is 0.0790 e. The SMILES string of the molecule is c1ccc2c(c1)CCCC2CNOC1CCCC1. The van der Waals surface area contributed by atoms with Gasteiger partial charge in [0.1, 0.15) is 0 Å². The summed E-state index contributed by atoms with van der Waals surface area (Å²) in [6, 6.07) is 8.88. The van der Waals surface area contributed by atoms with Crippen molar-refractivity contribution < 1.29 is 4.84 Å². The molecule has 0 amide bonds. The second-order valence-electron chi connectivity index (χ2n) is 5.66. The molecule has 1 aromatic rings. The molecule has 18 heavy (non-hydrogen) atoms. The molecule has 0 aliphatic heterocycles. The Bertz CT molecular complexity index is 384. The van der Waals surface area contributed by atoms with Gasteiger partial charge in [-0.15, -0.1) is 0 Å². The second-order valence-corrected chi connectivity index (χ2v) is 5.66. The zero-order valence-electron chi connectivity index (χ0n) is 11.0. The molecule has 2 aliphatic rings. The van der Waals surface area contributed by atoms with E-state index in [2.05, 4.69) is 29.7 Å². The van der Waals surface area contributed by atoms with Gasteiger partial charge >= 0.3 is 0 Å². The average Bonchev–Trinajstić information content (AvgIpc) is 2.92. The molecule has 1 unspecified atom stereocenters. The Morgan fingerprint density at radius 1 is 1.06 bits per heavy atom. The van der Waals surface area contributed by atoms with Crippen molar-refractivity contribution in [2.75, 3.05) is 6.54 Å². The highest BCUT2D eigenvalue weighted by Gasteiger charge is 2.20. The lowest BCUT2D eigenvalue weighted by molar-refractivity contribution is -0.0235. The Kier molecular flexibility index (Phi) is 3.96. The molecule has 0 radical (unpaired) electrons. The average molecular weight is 245 g/mol. The van der Waals surface area contributed by atoms with Crippen LogP contribution in [0, 0.1) is 0 Å². The third-order valence-corrected chi connectivity index (χ3v) is 4.38. The van der Waals surface area contributed by atoms with Crippen LogP contribution >= 0.6 is 0 Å². The van der Waals surface area contributed by atoms with Crippen molar-refractivity contribution in [2.45, 2.75) is 57.0 Å². The van der Waals surface area contributed by atoms with Gasteiger partial charge in [-0.05, 0) is 49.1 Å². The normalized spacial score (nSPS) is 24.1. The highest BCUT2D eigenvalue weighted by Crippen LogP contribution is 2.31. The topological polar surface area (TPSA) is 21.3 Å². The van der Waals surface area contributed by atoms with Gasteiger partial charge in [-0.1, -0.05) is 37.1 Å². The van der Waals surface area contributed by atoms with Gasteiger partial charge in [0.05, 0.1) is 6.10 Å². The van der Waals surface area contributed by atoms with Crippen LogP contribution in [0.1, 0.15) is 55.6 Å². The summed E-state index contributed by atoms with van der Waals surface area (Å²) in [5.41, 5.74) is 6.31. The molecule has 2 heteroatoms. The maximum atomic E-state index is 5.77. The van der Waals surface area contributed by atoms with E-state index < -0.39 is 0 Å². The Hall–Kier alpha value is -0.860. The lowest BCUT2D eigenvalue weighted by atomic mass is 9.83. The first-order valence-corrected chi connectivity index (χ1v) is 7.40. The second kappa shape index (κ2) is 5.85. The lowest BCUT2D eigenvalue weighted by Gasteiger charge is -2.26. The Morgan fingerprint density at radius 3 is 2.78 bits per heavy atom. The zero-order valence-corrected chi connectivity index (χ0v) is 11.0. The molecule has 2 nitrogen and oxygen atoms in total. The van der Waals surface area contributed by atoms with Crippen LogP contribution in [0.3, 0.4) is 0 Å². The summed E-state index contributed by atoms with van der Waals surface area (Å²) in [5.74, 6) is 0.636. The van der Waals surface area contributed by atoms with Gasteiger partial charge in [-0.3, -0.25) is 4.84 Å². The summed E-state index contributed by atoms with van der Waals surface area (Å²) in [6.45, 7) is 0.966.